The molecule has 0 fully saturated rings. The van der Waals surface area contributed by atoms with Crippen LogP contribution in [0.25, 0.3) is 0 Å². The molecular weight excluding hydrogens is 188 g/mol. The van der Waals surface area contributed by atoms with Crippen molar-refractivity contribution >= 4 is 0 Å². The standard InChI is InChI=1S/C13H14O2/c1-2-5-12(14)10-8-9-15-13-7-4-3-6-11(10)13/h1,3-4,6-7,10,12,14H,5,8-9H2. The third kappa shape index (κ3) is 1.98. The minimum Gasteiger partial charge on any atom is -0.493 e. The summed E-state index contributed by atoms with van der Waals surface area (Å²) in [5.41, 5.74) is 1.08. The number of ether oxygens (including phenoxy) is 1. The van der Waals surface area contributed by atoms with Crippen molar-refractivity contribution < 1.29 is 9.84 Å². The summed E-state index contributed by atoms with van der Waals surface area (Å²) in [6, 6.07) is 7.83. The molecule has 0 aromatic heterocycles. The molecule has 0 bridgehead atoms. The van der Waals surface area contributed by atoms with Crippen molar-refractivity contribution in [2.45, 2.75) is 24.9 Å². The van der Waals surface area contributed by atoms with Gasteiger partial charge in [0.05, 0.1) is 12.7 Å². The van der Waals surface area contributed by atoms with E-state index in [1.807, 2.05) is 24.3 Å². The molecule has 1 aliphatic heterocycles. The maximum Gasteiger partial charge on any atom is 0.122 e. The van der Waals surface area contributed by atoms with E-state index in [1.165, 1.54) is 0 Å². The SMILES string of the molecule is C#CCC(O)C1CCOc2ccccc21. The Morgan fingerprint density at radius 2 is 2.33 bits per heavy atom. The second-order valence-corrected chi connectivity index (χ2v) is 3.76. The quantitative estimate of drug-likeness (QED) is 0.743. The lowest BCUT2D eigenvalue weighted by atomic mass is 9.87. The zero-order chi connectivity index (χ0) is 10.7. The molecule has 0 saturated carbocycles. The number of rotatable bonds is 2. The Labute approximate surface area is 89.9 Å². The Morgan fingerprint density at radius 1 is 1.53 bits per heavy atom. The van der Waals surface area contributed by atoms with Gasteiger partial charge in [0.25, 0.3) is 0 Å². The molecule has 1 heterocycles. The number of para-hydroxylation sites is 1. The minimum absolute atomic E-state index is 0.117. The molecule has 1 aromatic rings. The van der Waals surface area contributed by atoms with Crippen LogP contribution in [0.5, 0.6) is 5.75 Å². The van der Waals surface area contributed by atoms with Gasteiger partial charge >= 0.3 is 0 Å². The first-order valence-electron chi connectivity index (χ1n) is 5.16. The first-order chi connectivity index (χ1) is 7.33. The summed E-state index contributed by atoms with van der Waals surface area (Å²) in [5, 5.41) is 9.92. The lowest BCUT2D eigenvalue weighted by Crippen LogP contribution is -2.24. The Morgan fingerprint density at radius 3 is 3.13 bits per heavy atom. The second kappa shape index (κ2) is 4.37. The van der Waals surface area contributed by atoms with Crippen molar-refractivity contribution in [1.82, 2.24) is 0 Å². The number of hydrogen-bond acceptors (Lipinski definition) is 2. The van der Waals surface area contributed by atoms with Crippen LogP contribution in [0.15, 0.2) is 24.3 Å². The molecule has 78 valence electrons. The first-order valence-corrected chi connectivity index (χ1v) is 5.16. The Hall–Kier alpha value is -1.46. The van der Waals surface area contributed by atoms with Crippen LogP contribution in [0.2, 0.25) is 0 Å². The smallest absolute Gasteiger partial charge is 0.122 e. The van der Waals surface area contributed by atoms with Gasteiger partial charge in [-0.05, 0) is 18.1 Å². The normalized spacial score (nSPS) is 20.9. The maximum atomic E-state index is 9.92. The van der Waals surface area contributed by atoms with Gasteiger partial charge in [0.2, 0.25) is 0 Å². The fourth-order valence-electron chi connectivity index (χ4n) is 2.03. The molecule has 1 N–H and O–H groups in total. The molecule has 0 aliphatic carbocycles. The molecule has 0 radical (unpaired) electrons. The van der Waals surface area contributed by atoms with Gasteiger partial charge in [0.15, 0.2) is 0 Å². The number of hydrogen-bond donors (Lipinski definition) is 1. The van der Waals surface area contributed by atoms with Gasteiger partial charge in [0.1, 0.15) is 5.75 Å². The minimum atomic E-state index is -0.458. The lowest BCUT2D eigenvalue weighted by molar-refractivity contribution is 0.120. The highest BCUT2D eigenvalue weighted by Crippen LogP contribution is 2.36. The average Bonchev–Trinajstić information content (AvgIpc) is 2.28. The predicted molar refractivity (Wildman–Crippen MR) is 58.8 cm³/mol. The summed E-state index contributed by atoms with van der Waals surface area (Å²) >= 11 is 0. The van der Waals surface area contributed by atoms with E-state index in [-0.39, 0.29) is 5.92 Å². The molecule has 0 spiro atoms. The van der Waals surface area contributed by atoms with E-state index in [1.54, 1.807) is 0 Å². The van der Waals surface area contributed by atoms with Crippen LogP contribution in [-0.2, 0) is 0 Å². The van der Waals surface area contributed by atoms with Gasteiger partial charge in [-0.1, -0.05) is 18.2 Å². The third-order valence-electron chi connectivity index (χ3n) is 2.80. The monoisotopic (exact) mass is 202 g/mol. The number of benzene rings is 1. The van der Waals surface area contributed by atoms with Crippen molar-refractivity contribution in [3.8, 4) is 18.1 Å². The number of fused-ring (bicyclic) bond motifs is 1. The zero-order valence-electron chi connectivity index (χ0n) is 8.52. The van der Waals surface area contributed by atoms with Crippen molar-refractivity contribution in [3.63, 3.8) is 0 Å². The second-order valence-electron chi connectivity index (χ2n) is 3.76. The number of aliphatic hydroxyl groups is 1. The van der Waals surface area contributed by atoms with Crippen LogP contribution in [0.4, 0.5) is 0 Å². The average molecular weight is 202 g/mol. The summed E-state index contributed by atoms with van der Waals surface area (Å²) in [4.78, 5) is 0. The molecule has 2 rings (SSSR count). The van der Waals surface area contributed by atoms with Crippen LogP contribution in [0.3, 0.4) is 0 Å². The zero-order valence-corrected chi connectivity index (χ0v) is 8.52. The summed E-state index contributed by atoms with van der Waals surface area (Å²) in [6.45, 7) is 0.656. The molecular formula is C13H14O2. The fourth-order valence-corrected chi connectivity index (χ4v) is 2.03. The highest BCUT2D eigenvalue weighted by atomic mass is 16.5. The molecule has 2 atom stereocenters. The summed E-state index contributed by atoms with van der Waals surface area (Å²) in [6.07, 6.45) is 5.99. The summed E-state index contributed by atoms with van der Waals surface area (Å²) in [7, 11) is 0. The van der Waals surface area contributed by atoms with E-state index < -0.39 is 6.10 Å². The highest BCUT2D eigenvalue weighted by Gasteiger charge is 2.26. The van der Waals surface area contributed by atoms with Gasteiger partial charge in [-0.2, -0.15) is 0 Å². The largest absolute Gasteiger partial charge is 0.493 e. The van der Waals surface area contributed by atoms with Gasteiger partial charge in [-0.15, -0.1) is 12.3 Å². The Bertz CT molecular complexity index is 378. The van der Waals surface area contributed by atoms with Crippen LogP contribution >= 0.6 is 0 Å². The molecule has 1 aromatic carbocycles. The van der Waals surface area contributed by atoms with E-state index in [0.717, 1.165) is 17.7 Å². The van der Waals surface area contributed by atoms with Gasteiger partial charge in [-0.3, -0.25) is 0 Å². The third-order valence-corrected chi connectivity index (χ3v) is 2.80. The molecule has 15 heavy (non-hydrogen) atoms. The van der Waals surface area contributed by atoms with Gasteiger partial charge < -0.3 is 9.84 Å². The molecule has 2 nitrogen and oxygen atoms in total. The Kier molecular flexibility index (Phi) is 2.94. The fraction of sp³-hybridized carbons (Fsp3) is 0.385. The topological polar surface area (TPSA) is 29.5 Å². The molecule has 0 amide bonds. The summed E-state index contributed by atoms with van der Waals surface area (Å²) in [5.74, 6) is 3.50. The van der Waals surface area contributed by atoms with Crippen molar-refractivity contribution in [2.75, 3.05) is 6.61 Å². The van der Waals surface area contributed by atoms with E-state index in [9.17, 15) is 5.11 Å². The first kappa shape index (κ1) is 10.1. The van der Waals surface area contributed by atoms with E-state index >= 15 is 0 Å². The van der Waals surface area contributed by atoms with Crippen LogP contribution in [0.1, 0.15) is 24.3 Å². The number of aliphatic hydroxyl groups excluding tert-OH is 1. The van der Waals surface area contributed by atoms with Crippen molar-refractivity contribution in [3.05, 3.63) is 29.8 Å². The number of terminal acetylenes is 1. The highest BCUT2D eigenvalue weighted by molar-refractivity contribution is 5.38. The Balaban J connectivity index is 2.26. The molecule has 0 saturated heterocycles. The van der Waals surface area contributed by atoms with Gasteiger partial charge in [0, 0.05) is 12.3 Å². The van der Waals surface area contributed by atoms with Crippen LogP contribution in [0, 0.1) is 12.3 Å². The van der Waals surface area contributed by atoms with E-state index in [0.29, 0.717) is 13.0 Å². The summed E-state index contributed by atoms with van der Waals surface area (Å²) < 4.78 is 5.52. The van der Waals surface area contributed by atoms with Crippen LogP contribution in [-0.4, -0.2) is 17.8 Å². The molecule has 1 aliphatic rings. The van der Waals surface area contributed by atoms with E-state index in [4.69, 9.17) is 11.2 Å². The lowest BCUT2D eigenvalue weighted by Gasteiger charge is -2.28. The van der Waals surface area contributed by atoms with Crippen LogP contribution < -0.4 is 4.74 Å². The molecule has 2 heteroatoms. The van der Waals surface area contributed by atoms with Crippen molar-refractivity contribution in [1.29, 1.82) is 0 Å². The van der Waals surface area contributed by atoms with Gasteiger partial charge in [-0.25, -0.2) is 0 Å². The maximum absolute atomic E-state index is 9.92. The predicted octanol–water partition coefficient (Wildman–Crippen LogP) is 1.94. The van der Waals surface area contributed by atoms with E-state index in [2.05, 4.69) is 5.92 Å². The molecule has 2 unspecified atom stereocenters. The van der Waals surface area contributed by atoms with Crippen molar-refractivity contribution in [2.24, 2.45) is 0 Å².